The number of piperidine rings is 1. The van der Waals surface area contributed by atoms with Crippen LogP contribution in [0.2, 0.25) is 0 Å². The third-order valence-electron chi connectivity index (χ3n) is 6.64. The number of fused-ring (bicyclic) bond motifs is 1. The number of aromatic nitrogens is 4. The monoisotopic (exact) mass is 529 g/mol. The van der Waals surface area contributed by atoms with Crippen molar-refractivity contribution < 1.29 is 23.1 Å². The van der Waals surface area contributed by atoms with Gasteiger partial charge in [-0.2, -0.15) is 9.97 Å². The number of hydrogen-bond donors (Lipinski definition) is 0. The number of hydrogen-bond acceptors (Lipinski definition) is 8. The Bertz CT molecular complexity index is 1270. The van der Waals surface area contributed by atoms with Gasteiger partial charge in [-0.3, -0.25) is 14.2 Å². The molecule has 204 valence electrons. The molecule has 3 aromatic rings. The number of nitrogens with zero attached hydrogens (tertiary/aromatic N) is 7. The summed E-state index contributed by atoms with van der Waals surface area (Å²) in [6.45, 7) is 9.36. The predicted molar refractivity (Wildman–Crippen MR) is 139 cm³/mol. The first-order chi connectivity index (χ1) is 18.2. The summed E-state index contributed by atoms with van der Waals surface area (Å²) in [5.74, 6) is 1.05. The normalized spacial score (nSPS) is 17.4. The smallest absolute Gasteiger partial charge is 0.296 e. The second-order valence-electron chi connectivity index (χ2n) is 10.5. The summed E-state index contributed by atoms with van der Waals surface area (Å²) >= 11 is 0. The van der Waals surface area contributed by atoms with Crippen LogP contribution in [0.4, 0.5) is 20.4 Å². The maximum Gasteiger partial charge on any atom is 0.296 e. The molecule has 0 saturated carbocycles. The average Bonchev–Trinajstić information content (AvgIpc) is 3.32. The second kappa shape index (κ2) is 10.8. The second-order valence-corrected chi connectivity index (χ2v) is 10.5. The van der Waals surface area contributed by atoms with Crippen LogP contribution in [0.25, 0.3) is 17.0 Å². The average molecular weight is 530 g/mol. The molecule has 0 N–H and O–H groups in total. The maximum atomic E-state index is 14.1. The van der Waals surface area contributed by atoms with E-state index < -0.39 is 17.9 Å². The Labute approximate surface area is 220 Å². The van der Waals surface area contributed by atoms with Crippen molar-refractivity contribution in [2.24, 2.45) is 0 Å². The van der Waals surface area contributed by atoms with Crippen molar-refractivity contribution in [1.29, 1.82) is 0 Å². The molecule has 2 aliphatic heterocycles. The standard InChI is InChI=1S/C26H33F2N7O3/c1-26(2,3)38-34(17-36)18-8-10-32(11-9-18)21-16-22(33-12-14-37-15-13-33)31-25(30-21)35-20-7-5-4-6-19(20)29-24(35)23(27)28/h4-7,16-18,23H,8-15H2,1-3H3. The summed E-state index contributed by atoms with van der Waals surface area (Å²) in [7, 11) is 0. The van der Waals surface area contributed by atoms with E-state index in [-0.39, 0.29) is 12.0 Å². The van der Waals surface area contributed by atoms with Crippen LogP contribution in [0, 0.1) is 0 Å². The van der Waals surface area contributed by atoms with Crippen LogP contribution < -0.4 is 9.80 Å². The fourth-order valence-electron chi connectivity index (χ4n) is 4.88. The third-order valence-corrected chi connectivity index (χ3v) is 6.64. The van der Waals surface area contributed by atoms with Crippen molar-refractivity contribution in [1.82, 2.24) is 24.6 Å². The number of para-hydroxylation sites is 2. The van der Waals surface area contributed by atoms with Crippen molar-refractivity contribution in [2.75, 3.05) is 49.2 Å². The molecular formula is C26H33F2N7O3. The number of rotatable bonds is 7. The van der Waals surface area contributed by atoms with E-state index in [0.29, 0.717) is 74.9 Å². The number of carbonyl (C=O) groups excluding carboxylic acids is 1. The zero-order valence-electron chi connectivity index (χ0n) is 21.9. The van der Waals surface area contributed by atoms with E-state index in [1.54, 1.807) is 24.3 Å². The molecule has 38 heavy (non-hydrogen) atoms. The fraction of sp³-hybridized carbons (Fsp3) is 0.538. The molecule has 2 saturated heterocycles. The van der Waals surface area contributed by atoms with Crippen LogP contribution in [0.15, 0.2) is 30.3 Å². The number of imidazole rings is 1. The van der Waals surface area contributed by atoms with Crippen molar-refractivity contribution >= 4 is 29.1 Å². The predicted octanol–water partition coefficient (Wildman–Crippen LogP) is 3.75. The number of morpholine rings is 1. The number of amides is 1. The molecule has 1 aromatic carbocycles. The molecule has 5 rings (SSSR count). The highest BCUT2D eigenvalue weighted by molar-refractivity contribution is 5.78. The van der Waals surface area contributed by atoms with Crippen molar-refractivity contribution in [3.8, 4) is 5.95 Å². The van der Waals surface area contributed by atoms with Gasteiger partial charge in [0.1, 0.15) is 11.6 Å². The molecule has 0 unspecified atom stereocenters. The Kier molecular flexibility index (Phi) is 7.44. The molecule has 4 heterocycles. The van der Waals surface area contributed by atoms with E-state index in [0.717, 1.165) is 6.41 Å². The Morgan fingerprint density at radius 3 is 2.26 bits per heavy atom. The highest BCUT2D eigenvalue weighted by Gasteiger charge is 2.30. The maximum absolute atomic E-state index is 14.1. The van der Waals surface area contributed by atoms with Crippen LogP contribution >= 0.6 is 0 Å². The van der Waals surface area contributed by atoms with Gasteiger partial charge in [0.05, 0.1) is 35.9 Å². The lowest BCUT2D eigenvalue weighted by Gasteiger charge is -2.39. The van der Waals surface area contributed by atoms with E-state index in [9.17, 15) is 13.6 Å². The van der Waals surface area contributed by atoms with E-state index in [1.165, 1.54) is 9.63 Å². The summed E-state index contributed by atoms with van der Waals surface area (Å²) in [6.07, 6.45) is -0.704. The van der Waals surface area contributed by atoms with Gasteiger partial charge in [0.2, 0.25) is 12.4 Å². The highest BCUT2D eigenvalue weighted by atomic mass is 19.3. The van der Waals surface area contributed by atoms with Crippen LogP contribution in [0.3, 0.4) is 0 Å². The lowest BCUT2D eigenvalue weighted by Crippen LogP contribution is -2.47. The molecule has 10 nitrogen and oxygen atoms in total. The molecule has 2 fully saturated rings. The molecule has 12 heteroatoms. The first-order valence-electron chi connectivity index (χ1n) is 12.9. The quantitative estimate of drug-likeness (QED) is 0.338. The van der Waals surface area contributed by atoms with E-state index >= 15 is 0 Å². The fourth-order valence-corrected chi connectivity index (χ4v) is 4.88. The summed E-state index contributed by atoms with van der Waals surface area (Å²) in [4.78, 5) is 35.4. The number of hydroxylamine groups is 2. The Hall–Kier alpha value is -3.38. The number of anilines is 2. The van der Waals surface area contributed by atoms with E-state index in [1.807, 2.05) is 26.8 Å². The summed E-state index contributed by atoms with van der Waals surface area (Å²) in [6, 6.07) is 8.83. The van der Waals surface area contributed by atoms with Crippen LogP contribution in [-0.4, -0.2) is 82.0 Å². The molecule has 0 bridgehead atoms. The zero-order chi connectivity index (χ0) is 26.9. The minimum atomic E-state index is -2.80. The number of alkyl halides is 2. The minimum Gasteiger partial charge on any atom is -0.378 e. The van der Waals surface area contributed by atoms with Crippen LogP contribution in [-0.2, 0) is 14.4 Å². The van der Waals surface area contributed by atoms with Gasteiger partial charge in [0.15, 0.2) is 5.82 Å². The molecule has 2 aromatic heterocycles. The van der Waals surface area contributed by atoms with Gasteiger partial charge in [-0.1, -0.05) is 12.1 Å². The van der Waals surface area contributed by atoms with Gasteiger partial charge in [-0.15, -0.1) is 0 Å². The van der Waals surface area contributed by atoms with Crippen molar-refractivity contribution in [3.05, 3.63) is 36.2 Å². The van der Waals surface area contributed by atoms with Crippen molar-refractivity contribution in [3.63, 3.8) is 0 Å². The molecule has 0 spiro atoms. The van der Waals surface area contributed by atoms with Crippen molar-refractivity contribution in [2.45, 2.75) is 51.7 Å². The molecule has 1 amide bonds. The lowest BCUT2D eigenvalue weighted by atomic mass is 10.0. The summed E-state index contributed by atoms with van der Waals surface area (Å²) in [5, 5.41) is 1.41. The first kappa shape index (κ1) is 26.2. The molecular weight excluding hydrogens is 496 g/mol. The zero-order valence-corrected chi connectivity index (χ0v) is 21.9. The lowest BCUT2D eigenvalue weighted by molar-refractivity contribution is -0.234. The third kappa shape index (κ3) is 5.56. The molecule has 0 aliphatic carbocycles. The Morgan fingerprint density at radius 1 is 1.03 bits per heavy atom. The summed E-state index contributed by atoms with van der Waals surface area (Å²) in [5.41, 5.74) is 0.494. The number of halogens is 2. The van der Waals surface area contributed by atoms with Gasteiger partial charge in [0.25, 0.3) is 6.43 Å². The Balaban J connectivity index is 1.50. The molecule has 0 radical (unpaired) electrons. The Morgan fingerprint density at radius 2 is 1.66 bits per heavy atom. The largest absolute Gasteiger partial charge is 0.378 e. The van der Waals surface area contributed by atoms with Gasteiger partial charge >= 0.3 is 0 Å². The number of ether oxygens (including phenoxy) is 1. The van der Waals surface area contributed by atoms with Gasteiger partial charge in [-0.25, -0.2) is 18.8 Å². The summed E-state index contributed by atoms with van der Waals surface area (Å²) < 4.78 is 35.1. The number of carbonyl (C=O) groups is 1. The van der Waals surface area contributed by atoms with Gasteiger partial charge < -0.3 is 14.5 Å². The van der Waals surface area contributed by atoms with E-state index in [4.69, 9.17) is 19.5 Å². The van der Waals surface area contributed by atoms with E-state index in [2.05, 4.69) is 14.8 Å². The number of benzene rings is 1. The topological polar surface area (TPSA) is 88.9 Å². The van der Waals surface area contributed by atoms with Crippen LogP contribution in [0.1, 0.15) is 45.9 Å². The van der Waals surface area contributed by atoms with Gasteiger partial charge in [-0.05, 0) is 45.7 Å². The first-order valence-corrected chi connectivity index (χ1v) is 12.9. The molecule has 0 atom stereocenters. The van der Waals surface area contributed by atoms with Crippen LogP contribution in [0.5, 0.6) is 0 Å². The highest BCUT2D eigenvalue weighted by Crippen LogP contribution is 2.30. The minimum absolute atomic E-state index is 0.0639. The van der Waals surface area contributed by atoms with Gasteiger partial charge in [0, 0.05) is 32.2 Å². The molecule has 2 aliphatic rings. The SMILES string of the molecule is CC(C)(C)ON(C=O)C1CCN(c2cc(N3CCOCC3)nc(-n3c(C(F)F)nc4ccccc43)n2)CC1.